The number of rotatable bonds is 2. The van der Waals surface area contributed by atoms with Gasteiger partial charge >= 0.3 is 0 Å². The molecule has 0 aliphatic heterocycles. The zero-order chi connectivity index (χ0) is 8.27. The summed E-state index contributed by atoms with van der Waals surface area (Å²) in [6.07, 6.45) is 3.07. The lowest BCUT2D eigenvalue weighted by Gasteiger charge is -1.93. The summed E-state index contributed by atoms with van der Waals surface area (Å²) in [6.45, 7) is -0.174. The number of hydrogen-bond acceptors (Lipinski definition) is 3. The second-order valence-electron chi connectivity index (χ2n) is 2.00. The normalized spacial score (nSPS) is 9.55. The van der Waals surface area contributed by atoms with E-state index in [9.17, 15) is 10.1 Å². The average molecular weight is 217 g/mol. The van der Waals surface area contributed by atoms with E-state index < -0.39 is 0 Å². The predicted octanol–water partition coefficient (Wildman–Crippen LogP) is 1.62. The van der Waals surface area contributed by atoms with Crippen molar-refractivity contribution in [1.82, 2.24) is 4.98 Å². The first-order valence-corrected chi connectivity index (χ1v) is 3.69. The van der Waals surface area contributed by atoms with Crippen molar-refractivity contribution in [2.45, 2.75) is 6.54 Å². The van der Waals surface area contributed by atoms with Crippen LogP contribution in [0.15, 0.2) is 22.9 Å². The summed E-state index contributed by atoms with van der Waals surface area (Å²) in [7, 11) is 0. The van der Waals surface area contributed by atoms with Crippen LogP contribution in [0.5, 0.6) is 0 Å². The van der Waals surface area contributed by atoms with Gasteiger partial charge in [0.1, 0.15) is 0 Å². The van der Waals surface area contributed by atoms with Gasteiger partial charge in [0.15, 0.2) is 0 Å². The van der Waals surface area contributed by atoms with Crippen molar-refractivity contribution in [2.75, 3.05) is 0 Å². The number of aromatic nitrogens is 1. The van der Waals surface area contributed by atoms with E-state index in [0.29, 0.717) is 5.56 Å². The van der Waals surface area contributed by atoms with Crippen LogP contribution in [0.1, 0.15) is 5.56 Å². The number of hydrogen-bond donors (Lipinski definition) is 0. The van der Waals surface area contributed by atoms with E-state index in [2.05, 4.69) is 20.9 Å². The molecule has 0 aromatic carbocycles. The minimum atomic E-state index is -0.385. The molecule has 0 radical (unpaired) electrons. The second kappa shape index (κ2) is 3.43. The summed E-state index contributed by atoms with van der Waals surface area (Å²) in [5.41, 5.74) is 0.601. The smallest absolute Gasteiger partial charge is 0.230 e. The molecule has 1 rings (SSSR count). The topological polar surface area (TPSA) is 56.0 Å². The number of halogens is 1. The molecule has 1 aromatic heterocycles. The molecule has 0 bridgehead atoms. The number of pyridine rings is 1. The summed E-state index contributed by atoms with van der Waals surface area (Å²) >= 11 is 3.17. The standard InChI is InChI=1S/C6H5BrN2O2/c7-6-1-5(2-8-3-6)4-9(10)11/h1-3H,4H2. The summed E-state index contributed by atoms with van der Waals surface area (Å²) in [5, 5.41) is 10.0. The molecular formula is C6H5BrN2O2. The molecule has 5 heteroatoms. The predicted molar refractivity (Wildman–Crippen MR) is 42.6 cm³/mol. The van der Waals surface area contributed by atoms with E-state index >= 15 is 0 Å². The van der Waals surface area contributed by atoms with Gasteiger partial charge in [-0.2, -0.15) is 0 Å². The first-order valence-electron chi connectivity index (χ1n) is 2.90. The fraction of sp³-hybridized carbons (Fsp3) is 0.167. The third-order valence-corrected chi connectivity index (χ3v) is 1.51. The molecular weight excluding hydrogens is 212 g/mol. The van der Waals surface area contributed by atoms with Gasteiger partial charge in [-0.15, -0.1) is 0 Å². The summed E-state index contributed by atoms with van der Waals surface area (Å²) in [5.74, 6) is 0. The summed E-state index contributed by atoms with van der Waals surface area (Å²) < 4.78 is 0.761. The Labute approximate surface area is 71.5 Å². The molecule has 4 nitrogen and oxygen atoms in total. The summed E-state index contributed by atoms with van der Waals surface area (Å²) in [6, 6.07) is 1.68. The van der Waals surface area contributed by atoms with Crippen LogP contribution >= 0.6 is 15.9 Å². The Morgan fingerprint density at radius 3 is 2.91 bits per heavy atom. The van der Waals surface area contributed by atoms with E-state index in [1.165, 1.54) is 6.20 Å². The van der Waals surface area contributed by atoms with Gasteiger partial charge in [-0.25, -0.2) is 0 Å². The zero-order valence-corrected chi connectivity index (χ0v) is 7.11. The zero-order valence-electron chi connectivity index (χ0n) is 5.53. The van der Waals surface area contributed by atoms with Gasteiger partial charge in [0.25, 0.3) is 0 Å². The monoisotopic (exact) mass is 216 g/mol. The molecule has 58 valence electrons. The fourth-order valence-corrected chi connectivity index (χ4v) is 1.10. The van der Waals surface area contributed by atoms with Crippen molar-refractivity contribution in [1.29, 1.82) is 0 Å². The van der Waals surface area contributed by atoms with Crippen molar-refractivity contribution < 1.29 is 4.92 Å². The first kappa shape index (κ1) is 8.13. The Kier molecular flexibility index (Phi) is 2.53. The van der Waals surface area contributed by atoms with E-state index in [-0.39, 0.29) is 11.5 Å². The highest BCUT2D eigenvalue weighted by Crippen LogP contribution is 2.09. The van der Waals surface area contributed by atoms with Crippen molar-refractivity contribution in [2.24, 2.45) is 0 Å². The van der Waals surface area contributed by atoms with E-state index in [4.69, 9.17) is 0 Å². The maximum absolute atomic E-state index is 10.0. The van der Waals surface area contributed by atoms with Crippen LogP contribution < -0.4 is 0 Å². The Balaban J connectivity index is 2.79. The molecule has 11 heavy (non-hydrogen) atoms. The van der Waals surface area contributed by atoms with Crippen LogP contribution in [0, 0.1) is 10.1 Å². The fourth-order valence-electron chi connectivity index (χ4n) is 0.691. The lowest BCUT2D eigenvalue weighted by molar-refractivity contribution is -0.496. The number of nitrogens with zero attached hydrogens (tertiary/aromatic N) is 2. The molecule has 0 spiro atoms. The van der Waals surface area contributed by atoms with Crippen LogP contribution in [0.25, 0.3) is 0 Å². The SMILES string of the molecule is O=[N+]([O-])Cc1cncc(Br)c1. The largest absolute Gasteiger partial charge is 0.264 e. The highest BCUT2D eigenvalue weighted by Gasteiger charge is 2.00. The van der Waals surface area contributed by atoms with Gasteiger partial charge in [-0.1, -0.05) is 0 Å². The molecule has 0 fully saturated rings. The first-order chi connectivity index (χ1) is 5.18. The van der Waals surface area contributed by atoms with E-state index in [1.807, 2.05) is 0 Å². The van der Waals surface area contributed by atoms with Crippen LogP contribution in [0.3, 0.4) is 0 Å². The molecule has 1 heterocycles. The average Bonchev–Trinajstić information content (AvgIpc) is 1.85. The maximum Gasteiger partial charge on any atom is 0.230 e. The van der Waals surface area contributed by atoms with Gasteiger partial charge in [-0.05, 0) is 22.0 Å². The molecule has 0 amide bonds. The van der Waals surface area contributed by atoms with Gasteiger partial charge in [0.2, 0.25) is 6.54 Å². The Hall–Kier alpha value is -0.970. The minimum Gasteiger partial charge on any atom is -0.264 e. The van der Waals surface area contributed by atoms with Gasteiger partial charge in [0.05, 0.1) is 0 Å². The van der Waals surface area contributed by atoms with Crippen LogP contribution in [-0.4, -0.2) is 9.91 Å². The lowest BCUT2D eigenvalue weighted by atomic mass is 10.3. The molecule has 0 N–H and O–H groups in total. The van der Waals surface area contributed by atoms with Crippen molar-refractivity contribution in [3.8, 4) is 0 Å². The highest BCUT2D eigenvalue weighted by atomic mass is 79.9. The molecule has 0 unspecified atom stereocenters. The van der Waals surface area contributed by atoms with E-state index in [1.54, 1.807) is 12.3 Å². The maximum atomic E-state index is 10.0. The number of nitro groups is 1. The van der Waals surface area contributed by atoms with Crippen LogP contribution in [0.4, 0.5) is 0 Å². The molecule has 0 aliphatic rings. The van der Waals surface area contributed by atoms with Crippen molar-refractivity contribution >= 4 is 15.9 Å². The van der Waals surface area contributed by atoms with E-state index in [0.717, 1.165) is 4.47 Å². The van der Waals surface area contributed by atoms with Gasteiger partial charge in [0, 0.05) is 27.4 Å². The van der Waals surface area contributed by atoms with Gasteiger partial charge in [-0.3, -0.25) is 15.1 Å². The third kappa shape index (κ3) is 2.63. The Morgan fingerprint density at radius 1 is 1.64 bits per heavy atom. The molecule has 0 saturated heterocycles. The van der Waals surface area contributed by atoms with Crippen molar-refractivity contribution in [3.05, 3.63) is 38.6 Å². The summed E-state index contributed by atoms with van der Waals surface area (Å²) in [4.78, 5) is 13.4. The molecule has 1 aromatic rings. The second-order valence-corrected chi connectivity index (χ2v) is 2.92. The molecule has 0 saturated carbocycles. The molecule has 0 aliphatic carbocycles. The van der Waals surface area contributed by atoms with Crippen molar-refractivity contribution in [3.63, 3.8) is 0 Å². The lowest BCUT2D eigenvalue weighted by Crippen LogP contribution is -1.98. The quantitative estimate of drug-likeness (QED) is 0.558. The van der Waals surface area contributed by atoms with Gasteiger partial charge < -0.3 is 0 Å². The van der Waals surface area contributed by atoms with Crippen LogP contribution in [-0.2, 0) is 6.54 Å². The minimum absolute atomic E-state index is 0.174. The highest BCUT2D eigenvalue weighted by molar-refractivity contribution is 9.10. The third-order valence-electron chi connectivity index (χ3n) is 1.07. The Bertz CT molecular complexity index is 277. The Morgan fingerprint density at radius 2 is 2.36 bits per heavy atom. The van der Waals surface area contributed by atoms with Crippen LogP contribution in [0.2, 0.25) is 0 Å². The molecule has 0 atom stereocenters.